The number of pyridine rings is 1. The number of oxime groups is 1. The van der Waals surface area contributed by atoms with Gasteiger partial charge in [-0.1, -0.05) is 5.16 Å². The molecule has 2 rings (SSSR count). The van der Waals surface area contributed by atoms with Gasteiger partial charge < -0.3 is 15.0 Å². The predicted octanol–water partition coefficient (Wildman–Crippen LogP) is 0.950. The minimum absolute atomic E-state index is 0.822. The van der Waals surface area contributed by atoms with Crippen molar-refractivity contribution in [2.75, 3.05) is 38.1 Å². The van der Waals surface area contributed by atoms with Gasteiger partial charge in [-0.05, 0) is 25.6 Å². The summed E-state index contributed by atoms with van der Waals surface area (Å²) in [5, 5.41) is 11.5. The molecule has 0 bridgehead atoms. The normalized spacial score (nSPS) is 17.9. The SMILES string of the molecule is Cc1cc(/C=N/O)cnc1N1CCN(C)CC1. The van der Waals surface area contributed by atoms with Crippen LogP contribution in [0.25, 0.3) is 0 Å². The summed E-state index contributed by atoms with van der Waals surface area (Å²) in [5.41, 5.74) is 1.94. The lowest BCUT2D eigenvalue weighted by Gasteiger charge is -2.34. The number of piperazine rings is 1. The van der Waals surface area contributed by atoms with Crippen LogP contribution in [-0.2, 0) is 0 Å². The van der Waals surface area contributed by atoms with Gasteiger partial charge in [-0.3, -0.25) is 0 Å². The number of likely N-dealkylation sites (N-methyl/N-ethyl adjacent to an activating group) is 1. The van der Waals surface area contributed by atoms with Gasteiger partial charge in [0.2, 0.25) is 0 Å². The number of hydrogen-bond acceptors (Lipinski definition) is 5. The zero-order valence-electron chi connectivity index (χ0n) is 10.3. The van der Waals surface area contributed by atoms with Crippen LogP contribution in [0.3, 0.4) is 0 Å². The van der Waals surface area contributed by atoms with Crippen LogP contribution in [0.4, 0.5) is 5.82 Å². The molecule has 0 aromatic carbocycles. The summed E-state index contributed by atoms with van der Waals surface area (Å²) in [4.78, 5) is 9.07. The molecule has 0 atom stereocenters. The summed E-state index contributed by atoms with van der Waals surface area (Å²) in [6.45, 7) is 6.20. The van der Waals surface area contributed by atoms with E-state index >= 15 is 0 Å². The fourth-order valence-electron chi connectivity index (χ4n) is 2.08. The topological polar surface area (TPSA) is 52.0 Å². The second kappa shape index (κ2) is 5.14. The van der Waals surface area contributed by atoms with Crippen LogP contribution in [0, 0.1) is 6.92 Å². The molecule has 1 aromatic rings. The van der Waals surface area contributed by atoms with Crippen molar-refractivity contribution in [1.29, 1.82) is 0 Å². The Morgan fingerprint density at radius 2 is 2.06 bits per heavy atom. The van der Waals surface area contributed by atoms with Crippen molar-refractivity contribution < 1.29 is 5.21 Å². The molecule has 0 amide bonds. The van der Waals surface area contributed by atoms with Crippen molar-refractivity contribution in [2.45, 2.75) is 6.92 Å². The lowest BCUT2D eigenvalue weighted by Crippen LogP contribution is -2.45. The first-order chi connectivity index (χ1) is 8.20. The molecule has 1 aliphatic heterocycles. The van der Waals surface area contributed by atoms with E-state index in [2.05, 4.69) is 27.0 Å². The molecule has 0 unspecified atom stereocenters. The Hall–Kier alpha value is -1.62. The van der Waals surface area contributed by atoms with Crippen LogP contribution in [0.5, 0.6) is 0 Å². The minimum Gasteiger partial charge on any atom is -0.411 e. The minimum atomic E-state index is 0.822. The van der Waals surface area contributed by atoms with Gasteiger partial charge in [0.25, 0.3) is 0 Å². The van der Waals surface area contributed by atoms with Crippen LogP contribution >= 0.6 is 0 Å². The lowest BCUT2D eigenvalue weighted by atomic mass is 10.2. The van der Waals surface area contributed by atoms with Gasteiger partial charge in [-0.25, -0.2) is 4.98 Å². The fraction of sp³-hybridized carbons (Fsp3) is 0.500. The van der Waals surface area contributed by atoms with Crippen molar-refractivity contribution in [3.8, 4) is 0 Å². The summed E-state index contributed by atoms with van der Waals surface area (Å²) in [5.74, 6) is 1.04. The summed E-state index contributed by atoms with van der Waals surface area (Å²) in [7, 11) is 2.14. The zero-order valence-corrected chi connectivity index (χ0v) is 10.3. The maximum Gasteiger partial charge on any atom is 0.131 e. The highest BCUT2D eigenvalue weighted by molar-refractivity contribution is 5.79. The van der Waals surface area contributed by atoms with E-state index in [0.29, 0.717) is 0 Å². The maximum atomic E-state index is 8.48. The first kappa shape index (κ1) is 11.9. The average Bonchev–Trinajstić information content (AvgIpc) is 2.31. The highest BCUT2D eigenvalue weighted by atomic mass is 16.4. The molecule has 1 N–H and O–H groups in total. The number of anilines is 1. The van der Waals surface area contributed by atoms with Crippen molar-refractivity contribution in [3.63, 3.8) is 0 Å². The summed E-state index contributed by atoms with van der Waals surface area (Å²) < 4.78 is 0. The second-order valence-corrected chi connectivity index (χ2v) is 4.44. The molecule has 0 radical (unpaired) electrons. The van der Waals surface area contributed by atoms with Gasteiger partial charge in [0, 0.05) is 37.9 Å². The molecule has 0 spiro atoms. The molecule has 1 aliphatic rings. The number of aromatic nitrogens is 1. The van der Waals surface area contributed by atoms with Gasteiger partial charge in [0.05, 0.1) is 6.21 Å². The van der Waals surface area contributed by atoms with Crippen molar-refractivity contribution in [3.05, 3.63) is 23.4 Å². The van der Waals surface area contributed by atoms with E-state index in [1.807, 2.05) is 13.0 Å². The van der Waals surface area contributed by atoms with E-state index in [0.717, 1.165) is 43.1 Å². The number of hydrogen-bond donors (Lipinski definition) is 1. The third kappa shape index (κ3) is 2.74. The van der Waals surface area contributed by atoms with E-state index in [4.69, 9.17) is 5.21 Å². The molecular weight excluding hydrogens is 216 g/mol. The van der Waals surface area contributed by atoms with Crippen LogP contribution < -0.4 is 4.90 Å². The molecule has 1 fully saturated rings. The van der Waals surface area contributed by atoms with E-state index in [1.165, 1.54) is 6.21 Å². The number of nitrogens with zero attached hydrogens (tertiary/aromatic N) is 4. The molecule has 1 saturated heterocycles. The first-order valence-corrected chi connectivity index (χ1v) is 5.78. The quantitative estimate of drug-likeness (QED) is 0.470. The highest BCUT2D eigenvalue weighted by Crippen LogP contribution is 2.18. The molecule has 92 valence electrons. The summed E-state index contributed by atoms with van der Waals surface area (Å²) in [6, 6.07) is 1.99. The third-order valence-electron chi connectivity index (χ3n) is 3.08. The molecule has 5 nitrogen and oxygen atoms in total. The largest absolute Gasteiger partial charge is 0.411 e. The standard InChI is InChI=1S/C12H18N4O/c1-10-7-11(9-14-17)8-13-12(10)16-5-3-15(2)4-6-16/h7-9,17H,3-6H2,1-2H3/b14-9+. The Balaban J connectivity index is 2.16. The van der Waals surface area contributed by atoms with Crippen LogP contribution in [-0.4, -0.2) is 54.5 Å². The Morgan fingerprint density at radius 3 is 2.65 bits per heavy atom. The third-order valence-corrected chi connectivity index (χ3v) is 3.08. The monoisotopic (exact) mass is 234 g/mol. The molecule has 5 heteroatoms. The van der Waals surface area contributed by atoms with Gasteiger partial charge in [0.15, 0.2) is 0 Å². The van der Waals surface area contributed by atoms with Crippen LogP contribution in [0.15, 0.2) is 17.4 Å². The highest BCUT2D eigenvalue weighted by Gasteiger charge is 2.16. The molecule has 0 saturated carbocycles. The molecule has 17 heavy (non-hydrogen) atoms. The van der Waals surface area contributed by atoms with Crippen molar-refractivity contribution in [2.24, 2.45) is 5.16 Å². The average molecular weight is 234 g/mol. The van der Waals surface area contributed by atoms with Gasteiger partial charge in [-0.2, -0.15) is 0 Å². The summed E-state index contributed by atoms with van der Waals surface area (Å²) in [6.07, 6.45) is 3.13. The molecule has 1 aromatic heterocycles. The van der Waals surface area contributed by atoms with E-state index in [-0.39, 0.29) is 0 Å². The molecular formula is C12H18N4O. The number of aryl methyl sites for hydroxylation is 1. The Morgan fingerprint density at radius 1 is 1.35 bits per heavy atom. The predicted molar refractivity (Wildman–Crippen MR) is 68.1 cm³/mol. The Labute approximate surface area is 101 Å². The second-order valence-electron chi connectivity index (χ2n) is 4.44. The zero-order chi connectivity index (χ0) is 12.3. The van der Waals surface area contributed by atoms with E-state index in [1.54, 1.807) is 6.20 Å². The Bertz CT molecular complexity index is 411. The van der Waals surface area contributed by atoms with Crippen molar-refractivity contribution >= 4 is 12.0 Å². The van der Waals surface area contributed by atoms with Crippen LogP contribution in [0.2, 0.25) is 0 Å². The van der Waals surface area contributed by atoms with E-state index < -0.39 is 0 Å². The van der Waals surface area contributed by atoms with Gasteiger partial charge in [0.1, 0.15) is 5.82 Å². The van der Waals surface area contributed by atoms with Crippen LogP contribution in [0.1, 0.15) is 11.1 Å². The Kier molecular flexibility index (Phi) is 3.58. The first-order valence-electron chi connectivity index (χ1n) is 5.78. The van der Waals surface area contributed by atoms with Gasteiger partial charge >= 0.3 is 0 Å². The maximum absolute atomic E-state index is 8.48. The van der Waals surface area contributed by atoms with Gasteiger partial charge in [-0.15, -0.1) is 0 Å². The fourth-order valence-corrected chi connectivity index (χ4v) is 2.08. The number of rotatable bonds is 2. The molecule has 2 heterocycles. The van der Waals surface area contributed by atoms with Crippen molar-refractivity contribution in [1.82, 2.24) is 9.88 Å². The summed E-state index contributed by atoms with van der Waals surface area (Å²) >= 11 is 0. The lowest BCUT2D eigenvalue weighted by molar-refractivity contribution is 0.312. The molecule has 0 aliphatic carbocycles. The van der Waals surface area contributed by atoms with E-state index in [9.17, 15) is 0 Å². The smallest absolute Gasteiger partial charge is 0.131 e.